The Morgan fingerprint density at radius 1 is 1.17 bits per heavy atom. The van der Waals surface area contributed by atoms with E-state index in [-0.39, 0.29) is 12.5 Å². The van der Waals surface area contributed by atoms with Gasteiger partial charge in [0.25, 0.3) is 0 Å². The van der Waals surface area contributed by atoms with Gasteiger partial charge in [-0.1, -0.05) is 18.2 Å². The lowest BCUT2D eigenvalue weighted by Gasteiger charge is -2.07. The van der Waals surface area contributed by atoms with Crippen LogP contribution in [0.1, 0.15) is 10.4 Å². The number of fused-ring (bicyclic) bond motifs is 1. The molecule has 0 aliphatic carbocycles. The Kier molecular flexibility index (Phi) is 4.05. The summed E-state index contributed by atoms with van der Waals surface area (Å²) in [4.78, 5) is 28.0. The molecule has 6 heteroatoms. The molecule has 0 atom stereocenters. The number of aromatic nitrogens is 2. The van der Waals surface area contributed by atoms with Crippen molar-refractivity contribution in [3.05, 3.63) is 60.6 Å². The van der Waals surface area contributed by atoms with Crippen LogP contribution in [0.5, 0.6) is 0 Å². The number of para-hydroxylation sites is 1. The van der Waals surface area contributed by atoms with Crippen molar-refractivity contribution < 1.29 is 14.3 Å². The molecule has 3 aromatic rings. The average molecular weight is 309 g/mol. The van der Waals surface area contributed by atoms with Gasteiger partial charge in [0.1, 0.15) is 6.54 Å². The summed E-state index contributed by atoms with van der Waals surface area (Å²) in [6, 6.07) is 10.8. The maximum absolute atomic E-state index is 12.2. The van der Waals surface area contributed by atoms with E-state index < -0.39 is 5.97 Å². The maximum Gasteiger partial charge on any atom is 0.340 e. The Balaban J connectivity index is 1.88. The molecular formula is C17H15N3O3. The molecule has 0 aliphatic rings. The van der Waals surface area contributed by atoms with Gasteiger partial charge >= 0.3 is 5.97 Å². The normalized spacial score (nSPS) is 10.5. The zero-order valence-corrected chi connectivity index (χ0v) is 12.5. The Hall–Kier alpha value is -3.15. The van der Waals surface area contributed by atoms with Gasteiger partial charge in [0.05, 0.1) is 12.7 Å². The minimum atomic E-state index is -0.422. The van der Waals surface area contributed by atoms with Crippen LogP contribution in [0.3, 0.4) is 0 Å². The fraction of sp³-hybridized carbons (Fsp3) is 0.118. The fourth-order valence-corrected chi connectivity index (χ4v) is 2.44. The van der Waals surface area contributed by atoms with Gasteiger partial charge in [0, 0.05) is 35.2 Å². The van der Waals surface area contributed by atoms with E-state index >= 15 is 0 Å². The third-order valence-corrected chi connectivity index (χ3v) is 3.47. The number of amides is 1. The number of esters is 1. The molecule has 3 rings (SSSR count). The number of carbonyl (C=O) groups is 2. The van der Waals surface area contributed by atoms with Crippen molar-refractivity contribution in [1.29, 1.82) is 0 Å². The molecule has 0 bridgehead atoms. The molecule has 23 heavy (non-hydrogen) atoms. The second-order valence-electron chi connectivity index (χ2n) is 4.96. The second kappa shape index (κ2) is 6.31. The van der Waals surface area contributed by atoms with Crippen LogP contribution in [-0.4, -0.2) is 28.5 Å². The Labute approximate surface area is 132 Å². The van der Waals surface area contributed by atoms with Gasteiger partial charge in [-0.25, -0.2) is 4.79 Å². The van der Waals surface area contributed by atoms with Gasteiger partial charge in [0.2, 0.25) is 5.91 Å². The number of anilines is 1. The van der Waals surface area contributed by atoms with Crippen LogP contribution in [0.15, 0.2) is 55.0 Å². The van der Waals surface area contributed by atoms with Crippen LogP contribution in [0.4, 0.5) is 5.69 Å². The molecule has 2 heterocycles. The monoisotopic (exact) mass is 309 g/mol. The highest BCUT2D eigenvalue weighted by Crippen LogP contribution is 2.22. The summed E-state index contributed by atoms with van der Waals surface area (Å²) >= 11 is 0. The van der Waals surface area contributed by atoms with Crippen LogP contribution in [0.25, 0.3) is 10.9 Å². The lowest BCUT2D eigenvalue weighted by Crippen LogP contribution is -2.18. The first kappa shape index (κ1) is 14.8. The van der Waals surface area contributed by atoms with Crippen molar-refractivity contribution in [3.63, 3.8) is 0 Å². The largest absolute Gasteiger partial charge is 0.465 e. The quantitative estimate of drug-likeness (QED) is 0.751. The highest BCUT2D eigenvalue weighted by Gasteiger charge is 2.16. The predicted octanol–water partition coefficient (Wildman–Crippen LogP) is 2.46. The third kappa shape index (κ3) is 3.06. The number of methoxy groups -OCH3 is 1. The number of hydrogen-bond donors (Lipinski definition) is 1. The molecule has 0 radical (unpaired) electrons. The number of hydrogen-bond acceptors (Lipinski definition) is 4. The molecular weight excluding hydrogens is 294 g/mol. The third-order valence-electron chi connectivity index (χ3n) is 3.47. The van der Waals surface area contributed by atoms with Gasteiger partial charge in [-0.15, -0.1) is 0 Å². The van der Waals surface area contributed by atoms with E-state index in [0.717, 1.165) is 10.9 Å². The zero-order valence-electron chi connectivity index (χ0n) is 12.5. The molecule has 6 nitrogen and oxygen atoms in total. The first-order valence-electron chi connectivity index (χ1n) is 7.05. The van der Waals surface area contributed by atoms with Gasteiger partial charge < -0.3 is 14.6 Å². The number of carbonyl (C=O) groups excluding carboxylic acids is 2. The number of pyridine rings is 1. The number of rotatable bonds is 4. The van der Waals surface area contributed by atoms with Crippen molar-refractivity contribution in [2.24, 2.45) is 0 Å². The van der Waals surface area contributed by atoms with E-state index in [9.17, 15) is 9.59 Å². The molecule has 1 amide bonds. The van der Waals surface area contributed by atoms with E-state index in [0.29, 0.717) is 11.3 Å². The number of nitrogens with one attached hydrogen (secondary N) is 1. The van der Waals surface area contributed by atoms with Crippen LogP contribution >= 0.6 is 0 Å². The van der Waals surface area contributed by atoms with E-state index in [1.54, 1.807) is 35.3 Å². The molecule has 0 saturated carbocycles. The molecule has 1 aromatic carbocycles. The molecule has 0 aliphatic heterocycles. The topological polar surface area (TPSA) is 73.2 Å². The van der Waals surface area contributed by atoms with Crippen molar-refractivity contribution in [2.45, 2.75) is 6.54 Å². The second-order valence-corrected chi connectivity index (χ2v) is 4.96. The summed E-state index contributed by atoms with van der Waals surface area (Å²) in [6.45, 7) is 0.0971. The average Bonchev–Trinajstić information content (AvgIpc) is 2.94. The van der Waals surface area contributed by atoms with Crippen molar-refractivity contribution in [2.75, 3.05) is 12.4 Å². The Morgan fingerprint density at radius 3 is 2.65 bits per heavy atom. The van der Waals surface area contributed by atoms with Gasteiger partial charge in [-0.3, -0.25) is 9.78 Å². The first-order chi connectivity index (χ1) is 11.2. The van der Waals surface area contributed by atoms with Crippen molar-refractivity contribution in [1.82, 2.24) is 9.55 Å². The maximum atomic E-state index is 12.2. The van der Waals surface area contributed by atoms with E-state index in [1.807, 2.05) is 24.3 Å². The first-order valence-corrected chi connectivity index (χ1v) is 7.05. The number of benzene rings is 1. The SMILES string of the molecule is COC(=O)c1cn(CC(=O)Nc2ccncc2)c2ccccc12. The molecule has 0 unspecified atom stereocenters. The van der Waals surface area contributed by atoms with Crippen molar-refractivity contribution >= 4 is 28.5 Å². The molecule has 116 valence electrons. The predicted molar refractivity (Wildman–Crippen MR) is 86.1 cm³/mol. The Bertz CT molecular complexity index is 856. The molecule has 1 N–H and O–H groups in total. The standard InChI is InChI=1S/C17H15N3O3/c1-23-17(22)14-10-20(15-5-3-2-4-13(14)15)11-16(21)19-12-6-8-18-9-7-12/h2-10H,11H2,1H3,(H,18,19,21). The van der Waals surface area contributed by atoms with Gasteiger partial charge in [-0.2, -0.15) is 0 Å². The molecule has 0 spiro atoms. The van der Waals surface area contributed by atoms with Gasteiger partial charge in [0.15, 0.2) is 0 Å². The van der Waals surface area contributed by atoms with Crippen LogP contribution in [0.2, 0.25) is 0 Å². The summed E-state index contributed by atoms with van der Waals surface area (Å²) in [5, 5.41) is 3.55. The van der Waals surface area contributed by atoms with Crippen LogP contribution in [0, 0.1) is 0 Å². The molecule has 0 saturated heterocycles. The summed E-state index contributed by atoms with van der Waals surface area (Å²) in [5.41, 5.74) is 1.92. The lowest BCUT2D eigenvalue weighted by atomic mass is 10.2. The van der Waals surface area contributed by atoms with E-state index in [1.165, 1.54) is 7.11 Å². The highest BCUT2D eigenvalue weighted by molar-refractivity contribution is 6.04. The summed E-state index contributed by atoms with van der Waals surface area (Å²) < 4.78 is 6.53. The van der Waals surface area contributed by atoms with E-state index in [2.05, 4.69) is 10.3 Å². The van der Waals surface area contributed by atoms with Crippen LogP contribution in [-0.2, 0) is 16.1 Å². The number of ether oxygens (including phenoxy) is 1. The Morgan fingerprint density at radius 2 is 1.91 bits per heavy atom. The minimum absolute atomic E-state index is 0.0971. The fourth-order valence-electron chi connectivity index (χ4n) is 2.44. The summed E-state index contributed by atoms with van der Waals surface area (Å²) in [5.74, 6) is -0.608. The van der Waals surface area contributed by atoms with Crippen molar-refractivity contribution in [3.8, 4) is 0 Å². The van der Waals surface area contributed by atoms with Gasteiger partial charge in [-0.05, 0) is 18.2 Å². The lowest BCUT2D eigenvalue weighted by molar-refractivity contribution is -0.116. The molecule has 0 fully saturated rings. The zero-order chi connectivity index (χ0) is 16.2. The summed E-state index contributed by atoms with van der Waals surface area (Å²) in [6.07, 6.45) is 4.86. The number of nitrogens with zero attached hydrogens (tertiary/aromatic N) is 2. The van der Waals surface area contributed by atoms with E-state index in [4.69, 9.17) is 4.74 Å². The minimum Gasteiger partial charge on any atom is -0.465 e. The van der Waals surface area contributed by atoms with Crippen LogP contribution < -0.4 is 5.32 Å². The highest BCUT2D eigenvalue weighted by atomic mass is 16.5. The smallest absolute Gasteiger partial charge is 0.340 e. The summed E-state index contributed by atoms with van der Waals surface area (Å²) in [7, 11) is 1.34. The molecule has 2 aromatic heterocycles.